The van der Waals surface area contributed by atoms with E-state index >= 15 is 0 Å². The van der Waals surface area contributed by atoms with Crippen molar-refractivity contribution in [1.82, 2.24) is 4.98 Å². The Morgan fingerprint density at radius 1 is 1.67 bits per heavy atom. The fourth-order valence-corrected chi connectivity index (χ4v) is 0.937. The lowest BCUT2D eigenvalue weighted by Gasteiger charge is -2.04. The van der Waals surface area contributed by atoms with Gasteiger partial charge in [-0.15, -0.1) is 0 Å². The molecule has 3 heteroatoms. The van der Waals surface area contributed by atoms with E-state index in [1.807, 2.05) is 6.92 Å². The molecule has 0 saturated carbocycles. The highest BCUT2D eigenvalue weighted by Gasteiger charge is 2.03. The van der Waals surface area contributed by atoms with Gasteiger partial charge in [0, 0.05) is 13.1 Å². The lowest BCUT2D eigenvalue weighted by molar-refractivity contribution is -0.131. The van der Waals surface area contributed by atoms with Crippen LogP contribution in [0.3, 0.4) is 0 Å². The highest BCUT2D eigenvalue weighted by molar-refractivity contribution is 5.69. The van der Waals surface area contributed by atoms with Crippen molar-refractivity contribution in [3.63, 3.8) is 0 Å². The highest BCUT2D eigenvalue weighted by atomic mass is 16.5. The molecule has 3 nitrogen and oxygen atoms in total. The first-order valence-electron chi connectivity index (χ1n) is 3.86. The van der Waals surface area contributed by atoms with Gasteiger partial charge in [0.1, 0.15) is 0 Å². The Morgan fingerprint density at radius 3 is 3.00 bits per heavy atom. The molecule has 0 aliphatic heterocycles. The summed E-state index contributed by atoms with van der Waals surface area (Å²) >= 11 is 0. The van der Waals surface area contributed by atoms with Gasteiger partial charge in [-0.25, -0.2) is 0 Å². The Balaban J connectivity index is 2.89. The standard InChI is InChI=1S/C9H11NO2/c1-3-8-9(12-7(2)11)5-4-6-10-8/h4-6H,3H2,1-2H3. The Labute approximate surface area is 71.4 Å². The normalized spacial score (nSPS) is 9.50. The monoisotopic (exact) mass is 165 g/mol. The van der Waals surface area contributed by atoms with Gasteiger partial charge < -0.3 is 4.74 Å². The second-order valence-electron chi connectivity index (χ2n) is 2.40. The predicted molar refractivity (Wildman–Crippen MR) is 44.9 cm³/mol. The molecule has 1 aromatic heterocycles. The maximum Gasteiger partial charge on any atom is 0.308 e. The van der Waals surface area contributed by atoms with Crippen LogP contribution in [0.25, 0.3) is 0 Å². The number of hydrogen-bond acceptors (Lipinski definition) is 3. The topological polar surface area (TPSA) is 39.2 Å². The van der Waals surface area contributed by atoms with Gasteiger partial charge in [-0.05, 0) is 18.6 Å². The minimum Gasteiger partial charge on any atom is -0.425 e. The summed E-state index contributed by atoms with van der Waals surface area (Å²) in [6.07, 6.45) is 2.45. The number of nitrogens with zero attached hydrogens (tertiary/aromatic N) is 1. The largest absolute Gasteiger partial charge is 0.425 e. The van der Waals surface area contributed by atoms with Crippen LogP contribution >= 0.6 is 0 Å². The second-order valence-corrected chi connectivity index (χ2v) is 2.40. The average molecular weight is 165 g/mol. The van der Waals surface area contributed by atoms with Crippen molar-refractivity contribution in [2.75, 3.05) is 0 Å². The fraction of sp³-hybridized carbons (Fsp3) is 0.333. The van der Waals surface area contributed by atoms with Crippen LogP contribution in [0, 0.1) is 0 Å². The molecule has 0 unspecified atom stereocenters. The summed E-state index contributed by atoms with van der Waals surface area (Å²) in [7, 11) is 0. The first kappa shape index (κ1) is 8.71. The van der Waals surface area contributed by atoms with E-state index in [1.165, 1.54) is 6.92 Å². The third-order valence-corrected chi connectivity index (χ3v) is 1.44. The Bertz CT molecular complexity index is 284. The molecule has 0 N–H and O–H groups in total. The molecule has 0 atom stereocenters. The predicted octanol–water partition coefficient (Wildman–Crippen LogP) is 1.57. The van der Waals surface area contributed by atoms with Crippen LogP contribution in [0.1, 0.15) is 19.5 Å². The number of hydrogen-bond donors (Lipinski definition) is 0. The number of rotatable bonds is 2. The van der Waals surface area contributed by atoms with Crippen molar-refractivity contribution in [3.8, 4) is 5.75 Å². The summed E-state index contributed by atoms with van der Waals surface area (Å²) in [6.45, 7) is 3.35. The maximum atomic E-state index is 10.6. The van der Waals surface area contributed by atoms with Crippen molar-refractivity contribution in [1.29, 1.82) is 0 Å². The second kappa shape index (κ2) is 3.85. The van der Waals surface area contributed by atoms with E-state index < -0.39 is 0 Å². The molecule has 0 aliphatic carbocycles. The zero-order valence-electron chi connectivity index (χ0n) is 7.20. The fourth-order valence-electron chi connectivity index (χ4n) is 0.937. The molecule has 0 aliphatic rings. The van der Waals surface area contributed by atoms with Gasteiger partial charge in [-0.2, -0.15) is 0 Å². The van der Waals surface area contributed by atoms with Gasteiger partial charge in [-0.3, -0.25) is 9.78 Å². The molecule has 0 radical (unpaired) electrons. The van der Waals surface area contributed by atoms with E-state index in [-0.39, 0.29) is 5.97 Å². The molecule has 0 saturated heterocycles. The van der Waals surface area contributed by atoms with Crippen LogP contribution in [-0.4, -0.2) is 11.0 Å². The van der Waals surface area contributed by atoms with E-state index in [0.29, 0.717) is 5.75 Å². The zero-order valence-corrected chi connectivity index (χ0v) is 7.20. The zero-order chi connectivity index (χ0) is 8.97. The van der Waals surface area contributed by atoms with Crippen molar-refractivity contribution in [2.45, 2.75) is 20.3 Å². The van der Waals surface area contributed by atoms with Crippen molar-refractivity contribution >= 4 is 5.97 Å². The maximum absolute atomic E-state index is 10.6. The molecule has 1 rings (SSSR count). The van der Waals surface area contributed by atoms with Gasteiger partial charge in [-0.1, -0.05) is 6.92 Å². The van der Waals surface area contributed by atoms with Crippen LogP contribution in [0.2, 0.25) is 0 Å². The number of aromatic nitrogens is 1. The van der Waals surface area contributed by atoms with Crippen LogP contribution in [-0.2, 0) is 11.2 Å². The van der Waals surface area contributed by atoms with Gasteiger partial charge in [0.25, 0.3) is 0 Å². The summed E-state index contributed by atoms with van der Waals surface area (Å²) in [4.78, 5) is 14.7. The van der Waals surface area contributed by atoms with Gasteiger partial charge in [0.2, 0.25) is 0 Å². The smallest absolute Gasteiger partial charge is 0.308 e. The van der Waals surface area contributed by atoms with E-state index in [9.17, 15) is 4.79 Å². The molecular weight excluding hydrogens is 154 g/mol. The average Bonchev–Trinajstić information content (AvgIpc) is 2.04. The number of pyridine rings is 1. The number of carbonyl (C=O) groups excluding carboxylic acids is 1. The molecule has 0 spiro atoms. The Kier molecular flexibility index (Phi) is 2.80. The minimum absolute atomic E-state index is 0.308. The van der Waals surface area contributed by atoms with E-state index in [4.69, 9.17) is 4.74 Å². The van der Waals surface area contributed by atoms with Crippen LogP contribution < -0.4 is 4.74 Å². The molecule has 0 aromatic carbocycles. The third-order valence-electron chi connectivity index (χ3n) is 1.44. The molecule has 0 amide bonds. The molecule has 0 fully saturated rings. The molecular formula is C9H11NO2. The van der Waals surface area contributed by atoms with Crippen molar-refractivity contribution < 1.29 is 9.53 Å². The number of esters is 1. The first-order chi connectivity index (χ1) is 5.74. The first-order valence-corrected chi connectivity index (χ1v) is 3.86. The summed E-state index contributed by atoms with van der Waals surface area (Å²) < 4.78 is 4.93. The van der Waals surface area contributed by atoms with Crippen molar-refractivity contribution in [2.24, 2.45) is 0 Å². The van der Waals surface area contributed by atoms with Crippen LogP contribution in [0.5, 0.6) is 5.75 Å². The third kappa shape index (κ3) is 2.05. The van der Waals surface area contributed by atoms with Crippen LogP contribution in [0.15, 0.2) is 18.3 Å². The van der Waals surface area contributed by atoms with E-state index in [0.717, 1.165) is 12.1 Å². The lowest BCUT2D eigenvalue weighted by Crippen LogP contribution is -2.04. The van der Waals surface area contributed by atoms with Gasteiger partial charge in [0.05, 0.1) is 5.69 Å². The lowest BCUT2D eigenvalue weighted by atomic mass is 10.3. The van der Waals surface area contributed by atoms with E-state index in [1.54, 1.807) is 18.3 Å². The summed E-state index contributed by atoms with van der Waals surface area (Å²) in [6, 6.07) is 3.49. The SMILES string of the molecule is CCc1ncccc1OC(C)=O. The van der Waals surface area contributed by atoms with Crippen molar-refractivity contribution in [3.05, 3.63) is 24.0 Å². The quantitative estimate of drug-likeness (QED) is 0.624. The highest BCUT2D eigenvalue weighted by Crippen LogP contribution is 2.15. The molecule has 64 valence electrons. The summed E-state index contributed by atoms with van der Waals surface area (Å²) in [5.74, 6) is 0.255. The Hall–Kier alpha value is -1.38. The van der Waals surface area contributed by atoms with E-state index in [2.05, 4.69) is 4.98 Å². The molecule has 1 heterocycles. The number of ether oxygens (including phenoxy) is 1. The molecule has 0 bridgehead atoms. The molecule has 1 aromatic rings. The number of carbonyl (C=O) groups is 1. The summed E-state index contributed by atoms with van der Waals surface area (Å²) in [5.41, 5.74) is 0.813. The van der Waals surface area contributed by atoms with Gasteiger partial charge in [0.15, 0.2) is 5.75 Å². The minimum atomic E-state index is -0.308. The Morgan fingerprint density at radius 2 is 2.42 bits per heavy atom. The van der Waals surface area contributed by atoms with Crippen LogP contribution in [0.4, 0.5) is 0 Å². The summed E-state index contributed by atoms with van der Waals surface area (Å²) in [5, 5.41) is 0. The van der Waals surface area contributed by atoms with Gasteiger partial charge >= 0.3 is 5.97 Å². The number of aryl methyl sites for hydroxylation is 1. The molecule has 12 heavy (non-hydrogen) atoms.